The topological polar surface area (TPSA) is 79.4 Å². The number of hydrogen-bond acceptors (Lipinski definition) is 6. The van der Waals surface area contributed by atoms with Crippen molar-refractivity contribution in [2.45, 2.75) is 18.2 Å². The molecule has 0 radical (unpaired) electrons. The lowest BCUT2D eigenvalue weighted by Gasteiger charge is -2.25. The highest BCUT2D eigenvalue weighted by Crippen LogP contribution is 2.34. The van der Waals surface area contributed by atoms with Gasteiger partial charge in [0.1, 0.15) is 17.5 Å². The van der Waals surface area contributed by atoms with Crippen LogP contribution < -0.4 is 5.56 Å². The maximum atomic E-state index is 13.5. The molecule has 2 aromatic carbocycles. The van der Waals surface area contributed by atoms with Crippen molar-refractivity contribution in [2.24, 2.45) is 9.98 Å². The molecule has 4 aromatic rings. The number of aromatic nitrogens is 2. The molecule has 0 aliphatic carbocycles. The van der Waals surface area contributed by atoms with E-state index in [1.54, 1.807) is 23.2 Å². The summed E-state index contributed by atoms with van der Waals surface area (Å²) in [5, 5.41) is 0.990. The summed E-state index contributed by atoms with van der Waals surface area (Å²) in [7, 11) is 0. The van der Waals surface area contributed by atoms with Gasteiger partial charge in [0.15, 0.2) is 5.17 Å². The van der Waals surface area contributed by atoms with Gasteiger partial charge >= 0.3 is 0 Å². The van der Waals surface area contributed by atoms with E-state index in [-0.39, 0.29) is 11.5 Å². The smallest absolute Gasteiger partial charge is 0.259 e. The first-order chi connectivity index (χ1) is 17.1. The second-order valence-electron chi connectivity index (χ2n) is 8.19. The van der Waals surface area contributed by atoms with Gasteiger partial charge in [-0.25, -0.2) is 14.9 Å². The lowest BCUT2D eigenvalue weighted by atomic mass is 10.1. The third-order valence-electron chi connectivity index (χ3n) is 5.85. The molecule has 0 unspecified atom stereocenters. The van der Waals surface area contributed by atoms with E-state index in [1.165, 1.54) is 22.2 Å². The number of thioether (sulfide) groups is 1. The number of carbonyl (C=O) groups is 1. The van der Waals surface area contributed by atoms with Crippen LogP contribution in [0.25, 0.3) is 5.65 Å². The first-order valence-corrected chi connectivity index (χ1v) is 12.4. The summed E-state index contributed by atoms with van der Waals surface area (Å²) in [6.45, 7) is 0. The molecule has 1 amide bonds. The van der Waals surface area contributed by atoms with Crippen LogP contribution >= 0.6 is 23.4 Å². The quantitative estimate of drug-likeness (QED) is 0.414. The van der Waals surface area contributed by atoms with E-state index in [0.29, 0.717) is 39.5 Å². The molecule has 1 atom stereocenters. The second-order valence-corrected chi connectivity index (χ2v) is 9.57. The van der Waals surface area contributed by atoms with E-state index in [4.69, 9.17) is 21.6 Å². The standard InChI is InChI=1S/C26H18ClN5O2S/c27-17-10-11-22-28-18(13-23(33)31(22)14-17)15-35-26-30-20-9-5-4-8-19(20)24-29-21(25(34)32(24)26)12-16-6-2-1-3-7-16/h1-11,13-14,21H,12,15H2/t21-/m1/s1. The Morgan fingerprint density at radius 1 is 0.971 bits per heavy atom. The number of para-hydroxylation sites is 1. The first kappa shape index (κ1) is 21.8. The van der Waals surface area contributed by atoms with Gasteiger partial charge in [0.25, 0.3) is 11.5 Å². The van der Waals surface area contributed by atoms with Gasteiger partial charge in [-0.05, 0) is 29.8 Å². The minimum atomic E-state index is -0.516. The average molecular weight is 500 g/mol. The monoisotopic (exact) mass is 499 g/mol. The number of pyridine rings is 1. The van der Waals surface area contributed by atoms with Gasteiger partial charge < -0.3 is 0 Å². The van der Waals surface area contributed by atoms with Crippen LogP contribution in [0.4, 0.5) is 5.69 Å². The maximum Gasteiger partial charge on any atom is 0.259 e. The van der Waals surface area contributed by atoms with Crippen molar-refractivity contribution in [1.29, 1.82) is 0 Å². The number of amidine groups is 2. The van der Waals surface area contributed by atoms with Crippen molar-refractivity contribution in [1.82, 2.24) is 14.3 Å². The number of carbonyl (C=O) groups excluding carboxylic acids is 1. The first-order valence-electron chi connectivity index (χ1n) is 11.0. The highest BCUT2D eigenvalue weighted by molar-refractivity contribution is 8.13. The Bertz CT molecular complexity index is 1600. The Morgan fingerprint density at radius 3 is 2.63 bits per heavy atom. The molecule has 0 spiro atoms. The van der Waals surface area contributed by atoms with Crippen LogP contribution in [0.2, 0.25) is 5.02 Å². The number of amides is 1. The number of aliphatic imine (C=N–C) groups is 2. The molecule has 0 saturated heterocycles. The summed E-state index contributed by atoms with van der Waals surface area (Å²) in [5.74, 6) is 0.881. The van der Waals surface area contributed by atoms with E-state index >= 15 is 0 Å². The summed E-state index contributed by atoms with van der Waals surface area (Å²) in [6.07, 6.45) is 2.06. The fourth-order valence-electron chi connectivity index (χ4n) is 4.21. The van der Waals surface area contributed by atoms with E-state index < -0.39 is 6.04 Å². The van der Waals surface area contributed by atoms with Crippen molar-refractivity contribution in [3.8, 4) is 0 Å². The number of halogens is 1. The molecule has 7 nitrogen and oxygen atoms in total. The normalized spacial score (nSPS) is 16.7. The van der Waals surface area contributed by atoms with Crippen LogP contribution in [0.1, 0.15) is 16.8 Å². The van der Waals surface area contributed by atoms with Crippen molar-refractivity contribution in [3.05, 3.63) is 111 Å². The zero-order valence-electron chi connectivity index (χ0n) is 18.3. The van der Waals surface area contributed by atoms with E-state index in [0.717, 1.165) is 16.8 Å². The summed E-state index contributed by atoms with van der Waals surface area (Å²) >= 11 is 7.37. The molecular weight excluding hydrogens is 482 g/mol. The highest BCUT2D eigenvalue weighted by atomic mass is 35.5. The van der Waals surface area contributed by atoms with Gasteiger partial charge in [-0.2, -0.15) is 0 Å². The molecule has 4 heterocycles. The van der Waals surface area contributed by atoms with Gasteiger partial charge in [0, 0.05) is 30.0 Å². The van der Waals surface area contributed by atoms with Crippen LogP contribution in [-0.2, 0) is 17.0 Å². The molecule has 0 fully saturated rings. The lowest BCUT2D eigenvalue weighted by Crippen LogP contribution is -2.41. The fourth-order valence-corrected chi connectivity index (χ4v) is 5.26. The molecule has 6 rings (SSSR count). The molecule has 0 saturated carbocycles. The number of fused-ring (bicyclic) bond motifs is 4. The Kier molecular flexibility index (Phi) is 5.47. The lowest BCUT2D eigenvalue weighted by molar-refractivity contribution is -0.124. The van der Waals surface area contributed by atoms with Crippen LogP contribution in [0, 0.1) is 0 Å². The van der Waals surface area contributed by atoms with Crippen LogP contribution in [0.5, 0.6) is 0 Å². The molecule has 9 heteroatoms. The number of rotatable bonds is 4. The van der Waals surface area contributed by atoms with Crippen molar-refractivity contribution in [3.63, 3.8) is 0 Å². The molecule has 172 valence electrons. The van der Waals surface area contributed by atoms with Gasteiger partial charge in [-0.15, -0.1) is 0 Å². The second kappa shape index (κ2) is 8.79. The van der Waals surface area contributed by atoms with Crippen molar-refractivity contribution < 1.29 is 4.79 Å². The third-order valence-corrected chi connectivity index (χ3v) is 7.04. The van der Waals surface area contributed by atoms with Crippen molar-refractivity contribution >= 4 is 51.6 Å². The third kappa shape index (κ3) is 4.05. The number of nitrogens with zero attached hydrogens (tertiary/aromatic N) is 5. The van der Waals surface area contributed by atoms with Gasteiger partial charge in [0.2, 0.25) is 0 Å². The van der Waals surface area contributed by atoms with Crippen LogP contribution in [0.15, 0.2) is 93.8 Å². The number of benzene rings is 2. The molecule has 2 aromatic heterocycles. The molecule has 2 aliphatic rings. The number of hydrogen-bond donors (Lipinski definition) is 0. The molecule has 2 aliphatic heterocycles. The molecular formula is C26H18ClN5O2S. The predicted octanol–water partition coefficient (Wildman–Crippen LogP) is 4.48. The van der Waals surface area contributed by atoms with Gasteiger partial charge in [-0.1, -0.05) is 65.8 Å². The van der Waals surface area contributed by atoms with Gasteiger partial charge in [-0.3, -0.25) is 19.0 Å². The Labute approximate surface area is 209 Å². The molecule has 35 heavy (non-hydrogen) atoms. The Balaban J connectivity index is 1.32. The summed E-state index contributed by atoms with van der Waals surface area (Å²) < 4.78 is 1.41. The summed E-state index contributed by atoms with van der Waals surface area (Å²) in [5.41, 5.74) is 3.53. The maximum absolute atomic E-state index is 13.5. The van der Waals surface area contributed by atoms with E-state index in [9.17, 15) is 9.59 Å². The zero-order valence-corrected chi connectivity index (χ0v) is 19.9. The average Bonchev–Trinajstić information content (AvgIpc) is 3.20. The highest BCUT2D eigenvalue weighted by Gasteiger charge is 2.41. The minimum Gasteiger partial charge on any atom is -0.271 e. The largest absolute Gasteiger partial charge is 0.271 e. The molecule has 0 bridgehead atoms. The summed E-state index contributed by atoms with van der Waals surface area (Å²) in [4.78, 5) is 41.8. The minimum absolute atomic E-state index is 0.106. The van der Waals surface area contributed by atoms with E-state index in [1.807, 2.05) is 54.6 Å². The Morgan fingerprint density at radius 2 is 1.77 bits per heavy atom. The van der Waals surface area contributed by atoms with Gasteiger partial charge in [0.05, 0.1) is 16.4 Å². The summed E-state index contributed by atoms with van der Waals surface area (Å²) in [6, 6.07) is 21.9. The zero-order chi connectivity index (χ0) is 23.9. The predicted molar refractivity (Wildman–Crippen MR) is 139 cm³/mol. The van der Waals surface area contributed by atoms with Crippen LogP contribution in [0.3, 0.4) is 0 Å². The SMILES string of the molecule is O=C1[C@@H](Cc2ccccc2)N=C2c3ccccc3N=C(SCc3cc(=O)n4cc(Cl)ccc4n3)N12. The van der Waals surface area contributed by atoms with Crippen molar-refractivity contribution in [2.75, 3.05) is 0 Å². The van der Waals surface area contributed by atoms with Crippen LogP contribution in [-0.4, -0.2) is 37.2 Å². The Hall–Kier alpha value is -3.75. The fraction of sp³-hybridized carbons (Fsp3) is 0.115. The van der Waals surface area contributed by atoms with E-state index in [2.05, 4.69) is 4.98 Å². The molecule has 0 N–H and O–H groups in total.